The maximum atomic E-state index is 13.1. The fraction of sp³-hybridized carbons (Fsp3) is 0.409. The molecule has 14 nitrogen and oxygen atoms in total. The molecule has 0 aliphatic heterocycles. The molecule has 14 heteroatoms. The third-order valence-electron chi connectivity index (χ3n) is 5.32. The molecule has 0 spiro atoms. The van der Waals surface area contributed by atoms with E-state index < -0.39 is 73.0 Å². The predicted molar refractivity (Wildman–Crippen MR) is 124 cm³/mol. The van der Waals surface area contributed by atoms with E-state index in [4.69, 9.17) is 21.1 Å². The Kier molecular flexibility index (Phi) is 9.90. The lowest BCUT2D eigenvalue weighted by molar-refractivity contribution is -0.144. The van der Waals surface area contributed by atoms with Gasteiger partial charge in [-0.1, -0.05) is 18.2 Å². The van der Waals surface area contributed by atoms with Crippen molar-refractivity contribution in [3.05, 3.63) is 36.0 Å². The van der Waals surface area contributed by atoms with E-state index in [1.54, 1.807) is 30.5 Å². The van der Waals surface area contributed by atoms with Crippen LogP contribution in [0, 0.1) is 0 Å². The summed E-state index contributed by atoms with van der Waals surface area (Å²) in [6.45, 7) is 0.248. The second-order valence-electron chi connectivity index (χ2n) is 8.14. The van der Waals surface area contributed by atoms with Gasteiger partial charge in [0.05, 0.1) is 25.2 Å². The topological polar surface area (TPSA) is 244 Å². The van der Waals surface area contributed by atoms with Gasteiger partial charge in [-0.25, -0.2) is 4.79 Å². The molecule has 2 rings (SSSR count). The Balaban J connectivity index is 2.28. The highest BCUT2D eigenvalue weighted by Crippen LogP contribution is 2.19. The van der Waals surface area contributed by atoms with Gasteiger partial charge in [0.25, 0.3) is 0 Å². The number of amides is 3. The molecule has 1 aromatic heterocycles. The maximum Gasteiger partial charge on any atom is 0.328 e. The Morgan fingerprint density at radius 2 is 1.61 bits per heavy atom. The molecule has 36 heavy (non-hydrogen) atoms. The van der Waals surface area contributed by atoms with Gasteiger partial charge in [-0.05, 0) is 18.6 Å². The van der Waals surface area contributed by atoms with Crippen molar-refractivity contribution in [2.24, 2.45) is 5.73 Å². The molecule has 1 aromatic carbocycles. The zero-order valence-corrected chi connectivity index (χ0v) is 19.3. The first-order valence-electron chi connectivity index (χ1n) is 10.9. The average Bonchev–Trinajstić information content (AvgIpc) is 3.22. The van der Waals surface area contributed by atoms with Gasteiger partial charge in [0, 0.05) is 23.5 Å². The molecule has 0 fully saturated rings. The SMILES string of the molecule is CC(O)C(NC(=O)C(Cc1c[nH]c2ccccc12)NC(=O)C(N)CC(=O)O)C(=O)NC(CO)C(=O)O. The van der Waals surface area contributed by atoms with Gasteiger partial charge in [-0.15, -0.1) is 0 Å². The summed E-state index contributed by atoms with van der Waals surface area (Å²) in [6, 6.07) is 1.01. The van der Waals surface area contributed by atoms with Crippen molar-refractivity contribution >= 4 is 40.6 Å². The number of rotatable bonds is 13. The van der Waals surface area contributed by atoms with Gasteiger partial charge in [-0.3, -0.25) is 19.2 Å². The number of hydrogen-bond donors (Lipinski definition) is 9. The van der Waals surface area contributed by atoms with Crippen molar-refractivity contribution in [1.82, 2.24) is 20.9 Å². The van der Waals surface area contributed by atoms with Crippen LogP contribution in [0.1, 0.15) is 18.9 Å². The normalized spacial score (nSPS) is 15.2. The third-order valence-corrected chi connectivity index (χ3v) is 5.32. The monoisotopic (exact) mass is 507 g/mol. The molecule has 5 atom stereocenters. The summed E-state index contributed by atoms with van der Waals surface area (Å²) in [5.74, 6) is -5.79. The highest BCUT2D eigenvalue weighted by atomic mass is 16.4. The summed E-state index contributed by atoms with van der Waals surface area (Å²) >= 11 is 0. The van der Waals surface area contributed by atoms with Crippen LogP contribution in [0.2, 0.25) is 0 Å². The zero-order chi connectivity index (χ0) is 27.0. The van der Waals surface area contributed by atoms with Gasteiger partial charge in [0.15, 0.2) is 0 Å². The smallest absolute Gasteiger partial charge is 0.328 e. The number of aromatic amines is 1. The number of benzene rings is 1. The van der Waals surface area contributed by atoms with Gasteiger partial charge in [0.1, 0.15) is 18.1 Å². The molecule has 1 heterocycles. The van der Waals surface area contributed by atoms with E-state index in [9.17, 15) is 29.1 Å². The van der Waals surface area contributed by atoms with E-state index in [-0.39, 0.29) is 6.42 Å². The molecule has 0 saturated heterocycles. The third kappa shape index (κ3) is 7.49. The molecule has 0 radical (unpaired) electrons. The summed E-state index contributed by atoms with van der Waals surface area (Å²) in [6.07, 6.45) is -0.653. The number of aliphatic hydroxyl groups excluding tert-OH is 2. The number of nitrogens with two attached hydrogens (primary N) is 1. The Labute approximate surface area is 204 Å². The van der Waals surface area contributed by atoms with Crippen LogP contribution in [0.15, 0.2) is 30.5 Å². The summed E-state index contributed by atoms with van der Waals surface area (Å²) < 4.78 is 0. The molecule has 0 bridgehead atoms. The molecule has 196 valence electrons. The van der Waals surface area contributed by atoms with Crippen molar-refractivity contribution in [3.8, 4) is 0 Å². The Morgan fingerprint density at radius 1 is 0.972 bits per heavy atom. The number of hydrogen-bond acceptors (Lipinski definition) is 8. The Bertz CT molecular complexity index is 1120. The van der Waals surface area contributed by atoms with Crippen LogP contribution in [0.4, 0.5) is 0 Å². The first-order valence-corrected chi connectivity index (χ1v) is 10.9. The fourth-order valence-electron chi connectivity index (χ4n) is 3.40. The number of aliphatic carboxylic acids is 2. The standard InChI is InChI=1S/C22H29N5O9/c1-10(29)18(21(34)26-16(9-28)22(35)36)27-20(33)15(25-19(32)13(23)7-17(30)31)6-11-8-24-14-5-3-2-4-12(11)14/h2-5,8,10,13,15-16,18,24,28-29H,6-7,9,23H2,1H3,(H,25,32)(H,26,34)(H,27,33)(H,30,31)(H,35,36). The van der Waals surface area contributed by atoms with Gasteiger partial charge < -0.3 is 47.1 Å². The molecule has 0 aliphatic carbocycles. The van der Waals surface area contributed by atoms with Gasteiger partial charge >= 0.3 is 11.9 Å². The minimum absolute atomic E-state index is 0.0933. The van der Waals surface area contributed by atoms with Crippen molar-refractivity contribution in [2.45, 2.75) is 50.0 Å². The minimum atomic E-state index is -1.67. The quantitative estimate of drug-likeness (QED) is 0.137. The van der Waals surface area contributed by atoms with Crippen molar-refractivity contribution in [1.29, 1.82) is 0 Å². The van der Waals surface area contributed by atoms with E-state index in [2.05, 4.69) is 15.6 Å². The number of carbonyl (C=O) groups is 5. The summed E-state index contributed by atoms with van der Waals surface area (Å²) in [4.78, 5) is 63.2. The van der Waals surface area contributed by atoms with Gasteiger partial charge in [-0.2, -0.15) is 0 Å². The number of aliphatic hydroxyl groups is 2. The van der Waals surface area contributed by atoms with Crippen molar-refractivity contribution in [2.75, 3.05) is 6.61 Å². The van der Waals surface area contributed by atoms with E-state index >= 15 is 0 Å². The second-order valence-corrected chi connectivity index (χ2v) is 8.14. The number of nitrogens with one attached hydrogen (secondary N) is 4. The number of carbonyl (C=O) groups excluding carboxylic acids is 3. The summed E-state index contributed by atoms with van der Waals surface area (Å²) in [7, 11) is 0. The number of fused-ring (bicyclic) bond motifs is 1. The fourth-order valence-corrected chi connectivity index (χ4v) is 3.40. The molecule has 0 aliphatic rings. The number of aromatic nitrogens is 1. The summed E-state index contributed by atoms with van der Waals surface area (Å²) in [5.41, 5.74) is 6.98. The lowest BCUT2D eigenvalue weighted by Crippen LogP contribution is -2.60. The number of para-hydroxylation sites is 1. The minimum Gasteiger partial charge on any atom is -0.481 e. The lowest BCUT2D eigenvalue weighted by Gasteiger charge is -2.26. The summed E-state index contributed by atoms with van der Waals surface area (Å²) in [5, 5.41) is 44.5. The zero-order valence-electron chi connectivity index (χ0n) is 19.3. The molecule has 3 amide bonds. The predicted octanol–water partition coefficient (Wildman–Crippen LogP) is -2.58. The van der Waals surface area contributed by atoms with Crippen LogP contribution in [0.5, 0.6) is 0 Å². The Hall–Kier alpha value is -4.01. The van der Waals surface area contributed by atoms with Crippen molar-refractivity contribution in [3.63, 3.8) is 0 Å². The van der Waals surface area contributed by atoms with E-state index in [1.165, 1.54) is 6.92 Å². The molecule has 0 saturated carbocycles. The van der Waals surface area contributed by atoms with E-state index in [1.807, 2.05) is 5.32 Å². The maximum absolute atomic E-state index is 13.1. The van der Waals surface area contributed by atoms with Crippen LogP contribution in [0.25, 0.3) is 10.9 Å². The average molecular weight is 508 g/mol. The second kappa shape index (κ2) is 12.6. The van der Waals surface area contributed by atoms with Crippen molar-refractivity contribution < 1.29 is 44.4 Å². The first-order chi connectivity index (χ1) is 16.9. The van der Waals surface area contributed by atoms with Crippen LogP contribution in [0.3, 0.4) is 0 Å². The Morgan fingerprint density at radius 3 is 2.19 bits per heavy atom. The molecule has 5 unspecified atom stereocenters. The van der Waals surface area contributed by atoms with Crippen LogP contribution in [-0.4, -0.2) is 91.9 Å². The van der Waals surface area contributed by atoms with Crippen LogP contribution in [-0.2, 0) is 30.4 Å². The number of H-pyrrole nitrogens is 1. The van der Waals surface area contributed by atoms with Crippen LogP contribution >= 0.6 is 0 Å². The first kappa shape index (κ1) is 28.2. The molecular weight excluding hydrogens is 478 g/mol. The highest BCUT2D eigenvalue weighted by Gasteiger charge is 2.33. The largest absolute Gasteiger partial charge is 0.481 e. The lowest BCUT2D eigenvalue weighted by atomic mass is 10.0. The van der Waals surface area contributed by atoms with Gasteiger partial charge in [0.2, 0.25) is 17.7 Å². The van der Waals surface area contributed by atoms with E-state index in [0.29, 0.717) is 5.56 Å². The highest BCUT2D eigenvalue weighted by molar-refractivity contribution is 5.95. The van der Waals surface area contributed by atoms with Crippen LogP contribution < -0.4 is 21.7 Å². The number of carboxylic acids is 2. The molecule has 10 N–H and O–H groups in total. The molecular formula is C22H29N5O9. The van der Waals surface area contributed by atoms with E-state index in [0.717, 1.165) is 10.9 Å². The number of carboxylic acid groups (broad SMARTS) is 2. The molecule has 2 aromatic rings.